The maximum Gasteiger partial charge on any atom is 0.203 e. The molecule has 0 radical (unpaired) electrons. The number of benzene rings is 2. The SMILES string of the molecule is CC1OC(CCCN2CCC(O)(Cc3ccc(Cl)cc3)CC2)(c2ccc(F)cc2F)O1. The van der Waals surface area contributed by atoms with E-state index in [0.29, 0.717) is 30.7 Å². The Morgan fingerprint density at radius 2 is 1.77 bits per heavy atom. The maximum atomic E-state index is 14.3. The van der Waals surface area contributed by atoms with Gasteiger partial charge in [-0.15, -0.1) is 0 Å². The molecular formula is C24H28ClF2NO3. The van der Waals surface area contributed by atoms with Crippen molar-refractivity contribution >= 4 is 11.6 Å². The molecule has 2 aliphatic heterocycles. The van der Waals surface area contributed by atoms with E-state index in [2.05, 4.69) is 4.90 Å². The summed E-state index contributed by atoms with van der Waals surface area (Å²) < 4.78 is 39.2. The Labute approximate surface area is 186 Å². The van der Waals surface area contributed by atoms with Gasteiger partial charge in [0.05, 0.1) is 5.60 Å². The van der Waals surface area contributed by atoms with Crippen molar-refractivity contribution < 1.29 is 23.4 Å². The monoisotopic (exact) mass is 451 g/mol. The number of hydrogen-bond acceptors (Lipinski definition) is 4. The highest BCUT2D eigenvalue weighted by Gasteiger charge is 2.47. The zero-order chi connectivity index (χ0) is 22.1. The predicted octanol–water partition coefficient (Wildman–Crippen LogP) is 5.01. The van der Waals surface area contributed by atoms with Crippen LogP contribution in [0.1, 0.15) is 43.7 Å². The van der Waals surface area contributed by atoms with E-state index in [1.165, 1.54) is 12.1 Å². The molecule has 2 aliphatic rings. The van der Waals surface area contributed by atoms with E-state index < -0.39 is 29.3 Å². The van der Waals surface area contributed by atoms with Crippen molar-refractivity contribution in [3.63, 3.8) is 0 Å². The largest absolute Gasteiger partial charge is 0.389 e. The number of hydrogen-bond donors (Lipinski definition) is 1. The summed E-state index contributed by atoms with van der Waals surface area (Å²) in [5.41, 5.74) is 0.610. The van der Waals surface area contributed by atoms with Crippen LogP contribution in [0.5, 0.6) is 0 Å². The highest BCUT2D eigenvalue weighted by atomic mass is 35.5. The molecule has 2 aromatic rings. The first kappa shape index (κ1) is 22.6. The average molecular weight is 452 g/mol. The number of ether oxygens (including phenoxy) is 2. The average Bonchev–Trinajstić information content (AvgIpc) is 2.70. The van der Waals surface area contributed by atoms with Crippen LogP contribution in [0, 0.1) is 11.6 Å². The van der Waals surface area contributed by atoms with Gasteiger partial charge >= 0.3 is 0 Å². The molecule has 0 bridgehead atoms. The highest BCUT2D eigenvalue weighted by molar-refractivity contribution is 6.30. The van der Waals surface area contributed by atoms with Gasteiger partial charge in [-0.2, -0.15) is 0 Å². The second-order valence-electron chi connectivity index (χ2n) is 8.65. The Balaban J connectivity index is 1.28. The Kier molecular flexibility index (Phi) is 6.65. The highest BCUT2D eigenvalue weighted by Crippen LogP contribution is 2.44. The number of likely N-dealkylation sites (tertiary alicyclic amines) is 1. The molecule has 2 fully saturated rings. The van der Waals surface area contributed by atoms with E-state index in [1.807, 2.05) is 24.3 Å². The molecule has 0 aromatic heterocycles. The van der Waals surface area contributed by atoms with E-state index >= 15 is 0 Å². The van der Waals surface area contributed by atoms with Crippen LogP contribution < -0.4 is 0 Å². The van der Waals surface area contributed by atoms with Gasteiger partial charge in [-0.05, 0) is 62.6 Å². The van der Waals surface area contributed by atoms with Gasteiger partial charge in [0.2, 0.25) is 5.79 Å². The fourth-order valence-corrected chi connectivity index (χ4v) is 4.74. The lowest BCUT2D eigenvalue weighted by atomic mass is 9.85. The van der Waals surface area contributed by atoms with Gasteiger partial charge in [0.1, 0.15) is 11.6 Å². The van der Waals surface area contributed by atoms with Crippen molar-refractivity contribution in [1.82, 2.24) is 4.90 Å². The molecule has 0 spiro atoms. The van der Waals surface area contributed by atoms with E-state index in [1.54, 1.807) is 6.92 Å². The van der Waals surface area contributed by atoms with Crippen molar-refractivity contribution in [2.75, 3.05) is 19.6 Å². The van der Waals surface area contributed by atoms with Gasteiger partial charge in [-0.3, -0.25) is 0 Å². The molecular weight excluding hydrogens is 424 g/mol. The van der Waals surface area contributed by atoms with Gasteiger partial charge < -0.3 is 19.5 Å². The number of rotatable bonds is 7. The molecule has 1 N–H and O–H groups in total. The van der Waals surface area contributed by atoms with Crippen LogP contribution in [0.3, 0.4) is 0 Å². The topological polar surface area (TPSA) is 41.9 Å². The Morgan fingerprint density at radius 1 is 1.10 bits per heavy atom. The van der Waals surface area contributed by atoms with Crippen LogP contribution in [-0.2, 0) is 21.7 Å². The fourth-order valence-electron chi connectivity index (χ4n) is 4.61. The number of nitrogens with zero attached hydrogens (tertiary/aromatic N) is 1. The molecule has 0 atom stereocenters. The summed E-state index contributed by atoms with van der Waals surface area (Å²) in [6, 6.07) is 11.1. The minimum Gasteiger partial charge on any atom is -0.389 e. The molecule has 4 rings (SSSR count). The standard InChI is InChI=1S/C24H28ClF2NO3/c1-17-30-24(31-17,21-8-7-20(26)15-22(21)27)9-2-12-28-13-10-23(29,11-14-28)16-18-3-5-19(25)6-4-18/h3-8,15,17,29H,2,9-14,16H2,1H3. The van der Waals surface area contributed by atoms with Gasteiger partial charge in [-0.1, -0.05) is 23.7 Å². The summed E-state index contributed by atoms with van der Waals surface area (Å²) >= 11 is 5.94. The second-order valence-corrected chi connectivity index (χ2v) is 9.09. The van der Waals surface area contributed by atoms with Gasteiger partial charge in [0, 0.05) is 42.6 Å². The van der Waals surface area contributed by atoms with Crippen molar-refractivity contribution in [2.45, 2.75) is 56.7 Å². The summed E-state index contributed by atoms with van der Waals surface area (Å²) in [6.07, 6.45) is 2.80. The normalized spacial score (nSPS) is 25.9. The quantitative estimate of drug-likeness (QED) is 0.642. The molecule has 0 amide bonds. The number of aliphatic hydroxyl groups is 1. The fraction of sp³-hybridized carbons (Fsp3) is 0.500. The zero-order valence-electron chi connectivity index (χ0n) is 17.6. The Morgan fingerprint density at radius 3 is 2.39 bits per heavy atom. The van der Waals surface area contributed by atoms with Crippen LogP contribution in [-0.4, -0.2) is 41.5 Å². The zero-order valence-corrected chi connectivity index (χ0v) is 18.4. The van der Waals surface area contributed by atoms with Gasteiger partial charge in [-0.25, -0.2) is 8.78 Å². The summed E-state index contributed by atoms with van der Waals surface area (Å²) in [4.78, 5) is 2.30. The lowest BCUT2D eigenvalue weighted by Crippen LogP contribution is -2.51. The molecule has 2 saturated heterocycles. The molecule has 2 aromatic carbocycles. The summed E-state index contributed by atoms with van der Waals surface area (Å²) in [7, 11) is 0. The second kappa shape index (κ2) is 9.12. The molecule has 168 valence electrons. The minimum atomic E-state index is -1.15. The van der Waals surface area contributed by atoms with Gasteiger partial charge in [0.25, 0.3) is 0 Å². The summed E-state index contributed by atoms with van der Waals surface area (Å²) in [5.74, 6) is -2.43. The first-order chi connectivity index (χ1) is 14.8. The lowest BCUT2D eigenvalue weighted by molar-refractivity contribution is -0.459. The van der Waals surface area contributed by atoms with Crippen LogP contribution in [0.4, 0.5) is 8.78 Å². The number of piperidine rings is 1. The number of halogens is 3. The molecule has 2 heterocycles. The van der Waals surface area contributed by atoms with Crippen molar-refractivity contribution in [3.05, 3.63) is 70.2 Å². The van der Waals surface area contributed by atoms with Crippen LogP contribution in [0.15, 0.2) is 42.5 Å². The summed E-state index contributed by atoms with van der Waals surface area (Å²) in [5, 5.41) is 11.7. The molecule has 0 saturated carbocycles. The summed E-state index contributed by atoms with van der Waals surface area (Å²) in [6.45, 7) is 4.13. The van der Waals surface area contributed by atoms with Crippen LogP contribution in [0.25, 0.3) is 0 Å². The maximum absolute atomic E-state index is 14.3. The third-order valence-corrected chi connectivity index (χ3v) is 6.52. The molecule has 4 nitrogen and oxygen atoms in total. The van der Waals surface area contributed by atoms with Crippen molar-refractivity contribution in [2.24, 2.45) is 0 Å². The molecule has 0 aliphatic carbocycles. The Bertz CT molecular complexity index is 894. The lowest BCUT2D eigenvalue weighted by Gasteiger charge is -2.47. The first-order valence-corrected chi connectivity index (χ1v) is 11.2. The predicted molar refractivity (Wildman–Crippen MR) is 115 cm³/mol. The third-order valence-electron chi connectivity index (χ3n) is 6.27. The van der Waals surface area contributed by atoms with E-state index in [4.69, 9.17) is 21.1 Å². The molecule has 7 heteroatoms. The van der Waals surface area contributed by atoms with Crippen molar-refractivity contribution in [1.29, 1.82) is 0 Å². The molecule has 31 heavy (non-hydrogen) atoms. The van der Waals surface area contributed by atoms with E-state index in [-0.39, 0.29) is 5.56 Å². The third kappa shape index (κ3) is 5.26. The first-order valence-electron chi connectivity index (χ1n) is 10.8. The van der Waals surface area contributed by atoms with Crippen molar-refractivity contribution in [3.8, 4) is 0 Å². The van der Waals surface area contributed by atoms with Crippen LogP contribution in [0.2, 0.25) is 5.02 Å². The van der Waals surface area contributed by atoms with E-state index in [0.717, 1.165) is 37.7 Å². The smallest absolute Gasteiger partial charge is 0.203 e. The van der Waals surface area contributed by atoms with Gasteiger partial charge in [0.15, 0.2) is 6.29 Å². The van der Waals surface area contributed by atoms with Crippen LogP contribution >= 0.6 is 11.6 Å². The molecule has 0 unspecified atom stereocenters. The minimum absolute atomic E-state index is 0.239. The van der Waals surface area contributed by atoms with E-state index in [9.17, 15) is 13.9 Å². The Hall–Kier alpha value is -1.57.